The van der Waals surface area contributed by atoms with Crippen molar-refractivity contribution in [2.24, 2.45) is 0 Å². The summed E-state index contributed by atoms with van der Waals surface area (Å²) in [5.74, 6) is -0.627. The number of aliphatic hydroxyl groups is 1. The van der Waals surface area contributed by atoms with Gasteiger partial charge in [0.15, 0.2) is 0 Å². The third kappa shape index (κ3) is 3.24. The third-order valence-electron chi connectivity index (χ3n) is 2.80. The van der Waals surface area contributed by atoms with Crippen LogP contribution < -0.4 is 4.72 Å². The summed E-state index contributed by atoms with van der Waals surface area (Å²) in [4.78, 5) is 0.824. The lowest BCUT2D eigenvalue weighted by molar-refractivity contribution is 0.275. The lowest BCUT2D eigenvalue weighted by atomic mass is 10.2. The van der Waals surface area contributed by atoms with Crippen molar-refractivity contribution in [3.05, 3.63) is 52.0 Å². The molecule has 2 N–H and O–H groups in total. The first-order chi connectivity index (χ1) is 9.44. The van der Waals surface area contributed by atoms with Crippen molar-refractivity contribution < 1.29 is 17.9 Å². The van der Waals surface area contributed by atoms with Gasteiger partial charge < -0.3 is 5.11 Å². The van der Waals surface area contributed by atoms with Crippen molar-refractivity contribution in [3.63, 3.8) is 0 Å². The fourth-order valence-electron chi connectivity index (χ4n) is 1.74. The maximum absolute atomic E-state index is 13.3. The molecule has 1 atom stereocenters. The summed E-state index contributed by atoms with van der Waals surface area (Å²) in [6.45, 7) is 1.19. The van der Waals surface area contributed by atoms with Crippen LogP contribution in [-0.2, 0) is 16.6 Å². The summed E-state index contributed by atoms with van der Waals surface area (Å²) in [6, 6.07) is 6.66. The van der Waals surface area contributed by atoms with Crippen LogP contribution in [0.5, 0.6) is 0 Å². The highest BCUT2D eigenvalue weighted by Gasteiger charge is 2.20. The van der Waals surface area contributed by atoms with E-state index >= 15 is 0 Å². The summed E-state index contributed by atoms with van der Waals surface area (Å²) in [6.07, 6.45) is 0. The number of benzene rings is 1. The Morgan fingerprint density at radius 1 is 1.40 bits per heavy atom. The first-order valence-corrected chi connectivity index (χ1v) is 8.25. The van der Waals surface area contributed by atoms with Crippen LogP contribution in [-0.4, -0.2) is 13.5 Å². The van der Waals surface area contributed by atoms with Crippen LogP contribution >= 0.6 is 11.3 Å². The molecule has 0 amide bonds. The Morgan fingerprint density at radius 3 is 2.75 bits per heavy atom. The topological polar surface area (TPSA) is 66.4 Å². The van der Waals surface area contributed by atoms with Crippen molar-refractivity contribution >= 4 is 21.4 Å². The number of sulfonamides is 1. The van der Waals surface area contributed by atoms with Crippen LogP contribution in [0.2, 0.25) is 0 Å². The molecule has 108 valence electrons. The Morgan fingerprint density at radius 2 is 2.15 bits per heavy atom. The number of hydrogen-bond donors (Lipinski definition) is 2. The minimum atomic E-state index is -3.76. The molecule has 0 saturated heterocycles. The van der Waals surface area contributed by atoms with Crippen LogP contribution in [0.25, 0.3) is 0 Å². The summed E-state index contributed by atoms with van der Waals surface area (Å²) < 4.78 is 40.2. The van der Waals surface area contributed by atoms with E-state index in [-0.39, 0.29) is 16.5 Å². The highest BCUT2D eigenvalue weighted by molar-refractivity contribution is 7.89. The molecule has 0 fully saturated rings. The van der Waals surface area contributed by atoms with E-state index in [0.29, 0.717) is 0 Å². The first-order valence-electron chi connectivity index (χ1n) is 5.89. The quantitative estimate of drug-likeness (QED) is 0.890. The number of nitrogens with one attached hydrogen (secondary N) is 1. The highest BCUT2D eigenvalue weighted by Crippen LogP contribution is 2.22. The molecular formula is C13H14FNO3S2. The Kier molecular flexibility index (Phi) is 4.54. The van der Waals surface area contributed by atoms with Crippen LogP contribution in [0.1, 0.15) is 23.4 Å². The van der Waals surface area contributed by atoms with Crippen molar-refractivity contribution in [2.45, 2.75) is 24.5 Å². The van der Waals surface area contributed by atoms with E-state index in [2.05, 4.69) is 4.72 Å². The normalized spacial score (nSPS) is 13.3. The van der Waals surface area contributed by atoms with Crippen LogP contribution in [0, 0.1) is 5.82 Å². The zero-order valence-corrected chi connectivity index (χ0v) is 12.3. The van der Waals surface area contributed by atoms with Gasteiger partial charge in [-0.1, -0.05) is 6.07 Å². The van der Waals surface area contributed by atoms with Crippen LogP contribution in [0.15, 0.2) is 40.6 Å². The fourth-order valence-corrected chi connectivity index (χ4v) is 3.82. The predicted molar refractivity (Wildman–Crippen MR) is 75.4 cm³/mol. The maximum atomic E-state index is 13.3. The van der Waals surface area contributed by atoms with Gasteiger partial charge in [-0.05, 0) is 36.6 Å². The monoisotopic (exact) mass is 315 g/mol. The second kappa shape index (κ2) is 6.01. The minimum Gasteiger partial charge on any atom is -0.392 e. The Hall–Kier alpha value is -1.28. The molecule has 0 aliphatic rings. The summed E-state index contributed by atoms with van der Waals surface area (Å²) in [5.41, 5.74) is -0.0448. The lowest BCUT2D eigenvalue weighted by Crippen LogP contribution is -2.26. The molecule has 1 unspecified atom stereocenters. The van der Waals surface area contributed by atoms with Gasteiger partial charge in [-0.25, -0.2) is 17.5 Å². The molecule has 0 aliphatic carbocycles. The minimum absolute atomic E-state index is 0.0448. The smallest absolute Gasteiger partial charge is 0.241 e. The first kappa shape index (κ1) is 15.1. The predicted octanol–water partition coefficient (Wildman–Crippen LogP) is 2.42. The number of hydrogen-bond acceptors (Lipinski definition) is 4. The molecule has 0 bridgehead atoms. The van der Waals surface area contributed by atoms with Crippen molar-refractivity contribution in [3.8, 4) is 0 Å². The van der Waals surface area contributed by atoms with Gasteiger partial charge in [-0.15, -0.1) is 11.3 Å². The van der Waals surface area contributed by atoms with E-state index in [1.165, 1.54) is 17.4 Å². The molecule has 0 saturated carbocycles. The highest BCUT2D eigenvalue weighted by atomic mass is 32.2. The van der Waals surface area contributed by atoms with E-state index in [9.17, 15) is 12.8 Å². The number of thiophene rings is 1. The standard InChI is InChI=1S/C13H14FNO3S2/c1-9(13-3-2-6-19-13)15-20(17,18)11-4-5-12(14)10(7-11)8-16/h2-7,9,15-16H,8H2,1H3. The van der Waals surface area contributed by atoms with E-state index in [1.807, 2.05) is 17.5 Å². The van der Waals surface area contributed by atoms with Gasteiger partial charge in [0, 0.05) is 10.4 Å². The molecule has 2 aromatic rings. The molecule has 1 heterocycles. The van der Waals surface area contributed by atoms with E-state index < -0.39 is 22.4 Å². The maximum Gasteiger partial charge on any atom is 0.241 e. The molecular weight excluding hydrogens is 301 g/mol. The Labute approximate surface area is 120 Å². The number of halogens is 1. The van der Waals surface area contributed by atoms with Crippen molar-refractivity contribution in [1.29, 1.82) is 0 Å². The molecule has 1 aromatic carbocycles. The second-order valence-corrected chi connectivity index (χ2v) is 6.96. The molecule has 20 heavy (non-hydrogen) atoms. The number of aliphatic hydroxyl groups excluding tert-OH is 1. The average Bonchev–Trinajstić information content (AvgIpc) is 2.92. The van der Waals surface area contributed by atoms with Gasteiger partial charge in [0.2, 0.25) is 10.0 Å². The van der Waals surface area contributed by atoms with Gasteiger partial charge in [0.25, 0.3) is 0 Å². The second-order valence-electron chi connectivity index (χ2n) is 4.27. The molecule has 0 aliphatic heterocycles. The Balaban J connectivity index is 2.26. The van der Waals surface area contributed by atoms with E-state index in [1.54, 1.807) is 6.92 Å². The molecule has 4 nitrogen and oxygen atoms in total. The summed E-state index contributed by atoms with van der Waals surface area (Å²) in [5, 5.41) is 10.9. The Bertz CT molecular complexity index is 684. The van der Waals surface area contributed by atoms with Gasteiger partial charge in [0.05, 0.1) is 17.5 Å². The van der Waals surface area contributed by atoms with E-state index in [4.69, 9.17) is 5.11 Å². The average molecular weight is 315 g/mol. The van der Waals surface area contributed by atoms with Gasteiger partial charge in [-0.3, -0.25) is 0 Å². The van der Waals surface area contributed by atoms with Crippen LogP contribution in [0.4, 0.5) is 4.39 Å². The number of rotatable bonds is 5. The molecule has 0 radical (unpaired) electrons. The molecule has 7 heteroatoms. The summed E-state index contributed by atoms with van der Waals surface area (Å²) >= 11 is 1.45. The van der Waals surface area contributed by atoms with Crippen LogP contribution in [0.3, 0.4) is 0 Å². The van der Waals surface area contributed by atoms with Gasteiger partial charge >= 0.3 is 0 Å². The van der Waals surface area contributed by atoms with Crippen molar-refractivity contribution in [1.82, 2.24) is 4.72 Å². The third-order valence-corrected chi connectivity index (χ3v) is 5.39. The zero-order chi connectivity index (χ0) is 14.8. The molecule has 0 spiro atoms. The van der Waals surface area contributed by atoms with E-state index in [0.717, 1.165) is 17.0 Å². The largest absolute Gasteiger partial charge is 0.392 e. The fraction of sp³-hybridized carbons (Fsp3) is 0.231. The lowest BCUT2D eigenvalue weighted by Gasteiger charge is -2.13. The van der Waals surface area contributed by atoms with Crippen molar-refractivity contribution in [2.75, 3.05) is 0 Å². The van der Waals surface area contributed by atoms with Gasteiger partial charge in [-0.2, -0.15) is 0 Å². The SMILES string of the molecule is CC(NS(=O)(=O)c1ccc(F)c(CO)c1)c1cccs1. The molecule has 2 rings (SSSR count). The zero-order valence-electron chi connectivity index (χ0n) is 10.7. The summed E-state index contributed by atoms with van der Waals surface area (Å²) in [7, 11) is -3.76. The van der Waals surface area contributed by atoms with Gasteiger partial charge in [0.1, 0.15) is 5.82 Å². The molecule has 1 aromatic heterocycles.